The minimum atomic E-state index is -3.10. The van der Waals surface area contributed by atoms with Crippen molar-refractivity contribution in [3.8, 4) is 0 Å². The van der Waals surface area contributed by atoms with Gasteiger partial charge in [-0.3, -0.25) is 0 Å². The summed E-state index contributed by atoms with van der Waals surface area (Å²) >= 11 is 0. The van der Waals surface area contributed by atoms with Crippen molar-refractivity contribution in [2.45, 2.75) is 33.6 Å². The van der Waals surface area contributed by atoms with Crippen LogP contribution in [0.1, 0.15) is 33.6 Å². The zero-order valence-corrected chi connectivity index (χ0v) is 9.69. The van der Waals surface area contributed by atoms with Crippen LogP contribution in [0.4, 0.5) is 0 Å². The van der Waals surface area contributed by atoms with Gasteiger partial charge in [0, 0.05) is 5.41 Å². The fourth-order valence-corrected chi connectivity index (χ4v) is 3.68. The molecule has 1 saturated carbocycles. The summed E-state index contributed by atoms with van der Waals surface area (Å²) in [5, 5.41) is 1.46. The Balaban J connectivity index is 2.41. The van der Waals surface area contributed by atoms with E-state index < -0.39 is 9.84 Å². The molecule has 0 radical (unpaired) electrons. The molecular weight excluding hydrogens is 196 g/mol. The van der Waals surface area contributed by atoms with Gasteiger partial charge in [-0.25, -0.2) is 8.42 Å². The summed E-state index contributed by atoms with van der Waals surface area (Å²) in [7, 11) is -3.10. The van der Waals surface area contributed by atoms with E-state index >= 15 is 0 Å². The number of sulfone groups is 1. The quantitative estimate of drug-likeness (QED) is 0.669. The van der Waals surface area contributed by atoms with Gasteiger partial charge in [-0.05, 0) is 35.8 Å². The summed E-state index contributed by atoms with van der Waals surface area (Å²) in [4.78, 5) is 0.576. The summed E-state index contributed by atoms with van der Waals surface area (Å²) < 4.78 is 23.6. The molecule has 1 aliphatic heterocycles. The van der Waals surface area contributed by atoms with E-state index in [-0.39, 0.29) is 5.41 Å². The Labute approximate surface area is 85.6 Å². The van der Waals surface area contributed by atoms with Crippen molar-refractivity contribution in [3.63, 3.8) is 0 Å². The van der Waals surface area contributed by atoms with Crippen molar-refractivity contribution in [2.24, 2.45) is 11.3 Å². The Kier molecular flexibility index (Phi) is 1.94. The first-order chi connectivity index (χ1) is 6.31. The Morgan fingerprint density at radius 3 is 2.21 bits per heavy atom. The molecule has 1 aliphatic carbocycles. The van der Waals surface area contributed by atoms with Crippen LogP contribution in [-0.4, -0.2) is 8.42 Å². The molecule has 0 amide bonds. The molecule has 0 aromatic carbocycles. The van der Waals surface area contributed by atoms with Crippen LogP contribution >= 0.6 is 0 Å². The number of hydrogen-bond donors (Lipinski definition) is 0. The molecule has 0 bridgehead atoms. The lowest BCUT2D eigenvalue weighted by atomic mass is 9.94. The van der Waals surface area contributed by atoms with Crippen LogP contribution in [0.2, 0.25) is 0 Å². The lowest BCUT2D eigenvalue weighted by Crippen LogP contribution is -2.14. The van der Waals surface area contributed by atoms with Crippen molar-refractivity contribution in [2.75, 3.05) is 0 Å². The van der Waals surface area contributed by atoms with E-state index in [2.05, 4.69) is 0 Å². The highest BCUT2D eigenvalue weighted by atomic mass is 32.2. The Morgan fingerprint density at radius 1 is 1.29 bits per heavy atom. The molecule has 0 aromatic rings. The summed E-state index contributed by atoms with van der Waals surface area (Å²) in [6, 6.07) is 0. The number of allylic oxidation sites excluding steroid dienone is 3. The minimum Gasteiger partial charge on any atom is -0.219 e. The van der Waals surface area contributed by atoms with Gasteiger partial charge < -0.3 is 0 Å². The second-order valence-corrected chi connectivity index (χ2v) is 6.96. The van der Waals surface area contributed by atoms with E-state index in [1.807, 2.05) is 26.8 Å². The van der Waals surface area contributed by atoms with Crippen molar-refractivity contribution >= 4 is 9.84 Å². The fraction of sp³-hybridized carbons (Fsp3) is 0.636. The van der Waals surface area contributed by atoms with E-state index in [1.54, 1.807) is 0 Å². The van der Waals surface area contributed by atoms with Gasteiger partial charge in [0.2, 0.25) is 0 Å². The van der Waals surface area contributed by atoms with Gasteiger partial charge >= 0.3 is 0 Å². The van der Waals surface area contributed by atoms with Crippen LogP contribution in [0.3, 0.4) is 0 Å². The lowest BCUT2D eigenvalue weighted by molar-refractivity contribution is 0.517. The fourth-order valence-electron chi connectivity index (χ4n) is 1.78. The standard InChI is InChI=1S/C11H16O2S/c1-11(2,3)10-6-9(8-4-5-8)7-14(10,12)13/h6-8H,4-5H2,1-3H3. The van der Waals surface area contributed by atoms with Crippen molar-refractivity contribution in [3.05, 3.63) is 22.0 Å². The first-order valence-electron chi connectivity index (χ1n) is 4.99. The largest absolute Gasteiger partial charge is 0.219 e. The highest BCUT2D eigenvalue weighted by molar-refractivity contribution is 7.98. The summed E-state index contributed by atoms with van der Waals surface area (Å²) in [5.74, 6) is 0.518. The third-order valence-electron chi connectivity index (χ3n) is 2.68. The normalized spacial score (nSPS) is 25.9. The molecule has 2 rings (SSSR count). The Morgan fingerprint density at radius 2 is 1.86 bits per heavy atom. The van der Waals surface area contributed by atoms with Gasteiger partial charge in [0.05, 0.1) is 4.91 Å². The lowest BCUT2D eigenvalue weighted by Gasteiger charge is -2.18. The van der Waals surface area contributed by atoms with Gasteiger partial charge in [0.15, 0.2) is 9.84 Å². The molecule has 2 nitrogen and oxygen atoms in total. The number of rotatable bonds is 1. The maximum absolute atomic E-state index is 11.8. The Hall–Kier alpha value is -0.570. The molecule has 0 aromatic heterocycles. The van der Waals surface area contributed by atoms with Gasteiger partial charge in [-0.15, -0.1) is 0 Å². The zero-order valence-electron chi connectivity index (χ0n) is 8.87. The zero-order chi connectivity index (χ0) is 10.6. The van der Waals surface area contributed by atoms with E-state index in [0.29, 0.717) is 10.8 Å². The molecule has 14 heavy (non-hydrogen) atoms. The highest BCUT2D eigenvalue weighted by Crippen LogP contribution is 2.44. The van der Waals surface area contributed by atoms with Gasteiger partial charge in [-0.1, -0.05) is 20.8 Å². The SMILES string of the molecule is CC(C)(C)C1=CC(C2CC2)=CS1(=O)=O. The first-order valence-corrected chi connectivity index (χ1v) is 6.54. The van der Waals surface area contributed by atoms with E-state index in [9.17, 15) is 8.42 Å². The molecule has 1 heterocycles. The van der Waals surface area contributed by atoms with Gasteiger partial charge in [0.25, 0.3) is 0 Å². The molecule has 2 aliphatic rings. The third kappa shape index (κ3) is 1.65. The molecule has 0 spiro atoms. The molecule has 1 fully saturated rings. The highest BCUT2D eigenvalue weighted by Gasteiger charge is 2.36. The maximum Gasteiger partial charge on any atom is 0.196 e. The molecule has 0 atom stereocenters. The van der Waals surface area contributed by atoms with Crippen LogP contribution in [-0.2, 0) is 9.84 Å². The molecule has 0 N–H and O–H groups in total. The number of hydrogen-bond acceptors (Lipinski definition) is 2. The predicted octanol–water partition coefficient (Wildman–Crippen LogP) is 2.64. The minimum absolute atomic E-state index is 0.272. The molecule has 0 saturated heterocycles. The average Bonchev–Trinajstić information content (AvgIpc) is 2.73. The van der Waals surface area contributed by atoms with Crippen molar-refractivity contribution in [1.82, 2.24) is 0 Å². The van der Waals surface area contributed by atoms with Crippen LogP contribution in [0, 0.1) is 11.3 Å². The molecular formula is C11H16O2S. The van der Waals surface area contributed by atoms with E-state index in [4.69, 9.17) is 0 Å². The third-order valence-corrected chi connectivity index (χ3v) is 4.61. The topological polar surface area (TPSA) is 34.1 Å². The van der Waals surface area contributed by atoms with Crippen molar-refractivity contribution < 1.29 is 8.42 Å². The smallest absolute Gasteiger partial charge is 0.196 e. The molecule has 3 heteroatoms. The van der Waals surface area contributed by atoms with E-state index in [1.165, 1.54) is 5.41 Å². The average molecular weight is 212 g/mol. The second kappa shape index (κ2) is 2.72. The first kappa shape index (κ1) is 9.97. The molecule has 78 valence electrons. The van der Waals surface area contributed by atoms with Gasteiger partial charge in [-0.2, -0.15) is 0 Å². The maximum atomic E-state index is 11.8. The van der Waals surface area contributed by atoms with Crippen LogP contribution < -0.4 is 0 Å². The summed E-state index contributed by atoms with van der Waals surface area (Å²) in [5.41, 5.74) is 0.751. The van der Waals surface area contributed by atoms with E-state index in [0.717, 1.165) is 18.4 Å². The molecule has 0 unspecified atom stereocenters. The predicted molar refractivity (Wildman–Crippen MR) is 57.3 cm³/mol. The monoisotopic (exact) mass is 212 g/mol. The Bertz CT molecular complexity index is 415. The second-order valence-electron chi connectivity index (χ2n) is 5.20. The van der Waals surface area contributed by atoms with Crippen molar-refractivity contribution in [1.29, 1.82) is 0 Å². The van der Waals surface area contributed by atoms with Crippen LogP contribution in [0.15, 0.2) is 22.0 Å². The van der Waals surface area contributed by atoms with Crippen LogP contribution in [0.5, 0.6) is 0 Å². The summed E-state index contributed by atoms with van der Waals surface area (Å²) in [6.07, 6.45) is 4.18. The van der Waals surface area contributed by atoms with Crippen LogP contribution in [0.25, 0.3) is 0 Å². The summed E-state index contributed by atoms with van der Waals surface area (Å²) in [6.45, 7) is 5.83. The van der Waals surface area contributed by atoms with Gasteiger partial charge in [0.1, 0.15) is 0 Å².